The highest BCUT2D eigenvalue weighted by atomic mass is 19.1. The summed E-state index contributed by atoms with van der Waals surface area (Å²) in [5.74, 6) is 1.85. The van der Waals surface area contributed by atoms with E-state index in [0.29, 0.717) is 51.6 Å². The van der Waals surface area contributed by atoms with Crippen molar-refractivity contribution in [2.75, 3.05) is 57.3 Å². The van der Waals surface area contributed by atoms with Gasteiger partial charge in [0.2, 0.25) is 0 Å². The molecule has 5 heterocycles. The molecule has 2 bridgehead atoms. The molecule has 0 radical (unpaired) electrons. The molecule has 9 rings (SSSR count). The largest absolute Gasteiger partial charge is 0.508 e. The molecule has 1 aliphatic carbocycles. The van der Waals surface area contributed by atoms with Crippen LogP contribution in [0.15, 0.2) is 36.4 Å². The van der Waals surface area contributed by atoms with Gasteiger partial charge in [0.15, 0.2) is 5.82 Å². The Kier molecular flexibility index (Phi) is 6.66. The number of phenolic OH excluding ortho intramolecular Hbond substituents is 1. The highest BCUT2D eigenvalue weighted by Crippen LogP contribution is 2.49. The van der Waals surface area contributed by atoms with E-state index in [1.54, 1.807) is 6.07 Å². The van der Waals surface area contributed by atoms with Crippen LogP contribution in [0.5, 0.6) is 11.8 Å². The molecule has 2 atom stereocenters. The first-order valence-electron chi connectivity index (χ1n) is 16.8. The van der Waals surface area contributed by atoms with Crippen LogP contribution >= 0.6 is 0 Å². The summed E-state index contributed by atoms with van der Waals surface area (Å²) >= 11 is 0. The van der Waals surface area contributed by atoms with E-state index >= 15 is 4.39 Å². The second kappa shape index (κ2) is 10.7. The van der Waals surface area contributed by atoms with Gasteiger partial charge in [0, 0.05) is 78.5 Å². The Morgan fingerprint density at radius 3 is 2.55 bits per heavy atom. The number of piperazine rings is 1. The number of aromatic nitrogens is 2. The number of phenols is 1. The molecule has 2 unspecified atom stereocenters. The molecule has 3 aromatic carbocycles. The van der Waals surface area contributed by atoms with Crippen molar-refractivity contribution in [2.45, 2.75) is 44.2 Å². The van der Waals surface area contributed by atoms with Crippen LogP contribution in [-0.2, 0) is 0 Å². The van der Waals surface area contributed by atoms with Crippen molar-refractivity contribution < 1.29 is 18.6 Å². The van der Waals surface area contributed by atoms with E-state index in [-0.39, 0.29) is 33.8 Å². The number of benzene rings is 3. The number of nitrogens with zero attached hydrogens (tertiary/aromatic N) is 4. The van der Waals surface area contributed by atoms with Crippen molar-refractivity contribution in [3.05, 3.63) is 53.6 Å². The molecule has 5 fully saturated rings. The Balaban J connectivity index is 1.10. The smallest absolute Gasteiger partial charge is 0.319 e. The maximum Gasteiger partial charge on any atom is 0.319 e. The van der Waals surface area contributed by atoms with Gasteiger partial charge in [-0.05, 0) is 73.9 Å². The normalized spacial score (nSPS) is 24.1. The number of halogens is 2. The molecule has 47 heavy (non-hydrogen) atoms. The molecule has 10 heteroatoms. The van der Waals surface area contributed by atoms with Crippen molar-refractivity contribution in [2.24, 2.45) is 10.8 Å². The maximum atomic E-state index is 16.9. The van der Waals surface area contributed by atoms with Crippen LogP contribution in [0.2, 0.25) is 0 Å². The summed E-state index contributed by atoms with van der Waals surface area (Å²) in [6, 6.07) is 10.1. The van der Waals surface area contributed by atoms with Crippen LogP contribution in [0.25, 0.3) is 32.8 Å². The topological polar surface area (TPSA) is 85.8 Å². The second-order valence-electron chi connectivity index (χ2n) is 14.7. The molecule has 4 saturated heterocycles. The summed E-state index contributed by atoms with van der Waals surface area (Å²) in [4.78, 5) is 14.4. The zero-order valence-electron chi connectivity index (χ0n) is 26.3. The van der Waals surface area contributed by atoms with Crippen molar-refractivity contribution in [1.82, 2.24) is 25.5 Å². The van der Waals surface area contributed by atoms with Crippen molar-refractivity contribution >= 4 is 27.5 Å². The number of terminal acetylenes is 1. The van der Waals surface area contributed by atoms with Gasteiger partial charge < -0.3 is 30.3 Å². The third kappa shape index (κ3) is 4.98. The fourth-order valence-corrected chi connectivity index (χ4v) is 8.68. The average Bonchev–Trinajstić information content (AvgIpc) is 3.48. The zero-order valence-corrected chi connectivity index (χ0v) is 26.3. The number of fused-ring (bicyclic) bond motifs is 4. The standard InChI is InChI=1S/C37H38F2N6O2/c1-2-26-30(38)8-3-22-13-25(46)14-29(31(22)26)27-6-7-28-33(32(27)39)42-35(43-34(28)45-15-23-4-5-24(16-45)41-23)47-21-36(9-10-36)18-44-19-37(20-44)11-12-40-17-37/h1,3,6-8,13-14,23-24,40-41,46H,4-5,9-12,15-21H2. The Hall–Kier alpha value is -4.04. The van der Waals surface area contributed by atoms with Crippen molar-refractivity contribution in [1.29, 1.82) is 0 Å². The molecule has 1 aromatic heterocycles. The first-order chi connectivity index (χ1) is 22.8. The number of likely N-dealkylation sites (tertiary alicyclic amines) is 1. The molecule has 1 spiro atoms. The average molecular weight is 637 g/mol. The van der Waals surface area contributed by atoms with Gasteiger partial charge in [0.25, 0.3) is 0 Å². The highest BCUT2D eigenvalue weighted by Gasteiger charge is 2.51. The second-order valence-corrected chi connectivity index (χ2v) is 14.7. The summed E-state index contributed by atoms with van der Waals surface area (Å²) < 4.78 is 38.1. The lowest BCUT2D eigenvalue weighted by molar-refractivity contribution is -0.00521. The molecule has 1 saturated carbocycles. The van der Waals surface area contributed by atoms with E-state index in [1.807, 2.05) is 6.07 Å². The van der Waals surface area contributed by atoms with Gasteiger partial charge >= 0.3 is 6.01 Å². The third-order valence-corrected chi connectivity index (χ3v) is 11.2. The minimum atomic E-state index is -0.592. The first-order valence-corrected chi connectivity index (χ1v) is 16.8. The number of hydrogen-bond donors (Lipinski definition) is 3. The number of aromatic hydroxyl groups is 1. The van der Waals surface area contributed by atoms with Gasteiger partial charge in [-0.25, -0.2) is 8.78 Å². The quantitative estimate of drug-likeness (QED) is 0.250. The minimum absolute atomic E-state index is 0.0211. The van der Waals surface area contributed by atoms with Gasteiger partial charge in [-0.1, -0.05) is 18.1 Å². The molecule has 242 valence electrons. The Labute approximate surface area is 272 Å². The van der Waals surface area contributed by atoms with E-state index in [4.69, 9.17) is 16.1 Å². The predicted octanol–water partition coefficient (Wildman–Crippen LogP) is 4.81. The Bertz CT molecular complexity index is 1950. The zero-order chi connectivity index (χ0) is 31.9. The fourth-order valence-electron chi connectivity index (χ4n) is 8.68. The summed E-state index contributed by atoms with van der Waals surface area (Å²) in [7, 11) is 0. The molecular formula is C37H38F2N6O2. The SMILES string of the molecule is C#Cc1c(F)ccc2cc(O)cc(-c3ccc4c(N5CC6CCC(C5)N6)nc(OCC5(CN6CC7(CCNC7)C6)CC5)nc4c3F)c12. The van der Waals surface area contributed by atoms with Crippen LogP contribution in [0.4, 0.5) is 14.6 Å². The molecule has 5 aliphatic rings. The van der Waals surface area contributed by atoms with E-state index in [0.717, 1.165) is 71.5 Å². The fraction of sp³-hybridized carbons (Fsp3) is 0.459. The molecule has 0 amide bonds. The maximum absolute atomic E-state index is 16.9. The highest BCUT2D eigenvalue weighted by molar-refractivity contribution is 6.04. The minimum Gasteiger partial charge on any atom is -0.508 e. The van der Waals surface area contributed by atoms with E-state index < -0.39 is 11.6 Å². The van der Waals surface area contributed by atoms with E-state index in [2.05, 4.69) is 31.3 Å². The molecule has 3 N–H and O–H groups in total. The summed E-state index contributed by atoms with van der Waals surface area (Å²) in [6.45, 7) is 7.49. The molecule has 4 aromatic rings. The summed E-state index contributed by atoms with van der Waals surface area (Å²) in [6.07, 6.45) is 11.4. The van der Waals surface area contributed by atoms with Crippen LogP contribution in [0.1, 0.15) is 37.7 Å². The van der Waals surface area contributed by atoms with Crippen LogP contribution in [0, 0.1) is 34.8 Å². The van der Waals surface area contributed by atoms with Crippen molar-refractivity contribution in [3.63, 3.8) is 0 Å². The monoisotopic (exact) mass is 636 g/mol. The Morgan fingerprint density at radius 1 is 1.02 bits per heavy atom. The number of nitrogens with one attached hydrogen (secondary N) is 2. The van der Waals surface area contributed by atoms with Gasteiger partial charge in [-0.15, -0.1) is 6.42 Å². The Morgan fingerprint density at radius 2 is 1.83 bits per heavy atom. The lowest BCUT2D eigenvalue weighted by atomic mass is 9.78. The molecule has 8 nitrogen and oxygen atoms in total. The molecule has 4 aliphatic heterocycles. The van der Waals surface area contributed by atoms with Crippen LogP contribution in [0.3, 0.4) is 0 Å². The number of anilines is 1. The number of rotatable bonds is 7. The van der Waals surface area contributed by atoms with E-state index in [1.165, 1.54) is 30.7 Å². The summed E-state index contributed by atoms with van der Waals surface area (Å²) in [5, 5.41) is 19.2. The summed E-state index contributed by atoms with van der Waals surface area (Å²) in [5.41, 5.74) is 1.13. The lowest BCUT2D eigenvalue weighted by Gasteiger charge is -2.49. The molecular weight excluding hydrogens is 598 g/mol. The van der Waals surface area contributed by atoms with E-state index in [9.17, 15) is 9.50 Å². The predicted molar refractivity (Wildman–Crippen MR) is 178 cm³/mol. The first kappa shape index (κ1) is 29.1. The third-order valence-electron chi connectivity index (χ3n) is 11.2. The van der Waals surface area contributed by atoms with Gasteiger partial charge in [0.05, 0.1) is 12.2 Å². The van der Waals surface area contributed by atoms with Crippen LogP contribution in [-0.4, -0.2) is 84.5 Å². The number of hydrogen-bond acceptors (Lipinski definition) is 8. The lowest BCUT2D eigenvalue weighted by Crippen LogP contribution is -2.58. The van der Waals surface area contributed by atoms with Crippen LogP contribution < -0.4 is 20.3 Å². The van der Waals surface area contributed by atoms with Gasteiger partial charge in [0.1, 0.15) is 22.9 Å². The van der Waals surface area contributed by atoms with Crippen molar-refractivity contribution in [3.8, 4) is 35.2 Å². The van der Waals surface area contributed by atoms with Gasteiger partial charge in [-0.2, -0.15) is 9.97 Å². The number of ether oxygens (including phenoxy) is 1. The van der Waals surface area contributed by atoms with Gasteiger partial charge in [-0.3, -0.25) is 0 Å².